The molecule has 0 aliphatic rings. The molecule has 1 heterocycles. The fourth-order valence-corrected chi connectivity index (χ4v) is 2.25. The molecule has 7 nitrogen and oxygen atoms in total. The normalized spacial score (nSPS) is 13.6. The van der Waals surface area contributed by atoms with E-state index in [9.17, 15) is 9.59 Å². The third-order valence-electron chi connectivity index (χ3n) is 3.53. The molecule has 2 atom stereocenters. The topological polar surface area (TPSA) is 97.1 Å². The molecule has 0 aromatic carbocycles. The zero-order chi connectivity index (χ0) is 15.7. The van der Waals surface area contributed by atoms with Crippen LogP contribution < -0.4 is 5.32 Å². The number of aromatic nitrogens is 3. The predicted molar refractivity (Wildman–Crippen MR) is 77.6 cm³/mol. The molecule has 118 valence electrons. The summed E-state index contributed by atoms with van der Waals surface area (Å²) in [6.07, 6.45) is 6.57. The van der Waals surface area contributed by atoms with Gasteiger partial charge in [0, 0.05) is 13.0 Å². The average molecular weight is 296 g/mol. The quantitative estimate of drug-likeness (QED) is 0.684. The SMILES string of the molecule is CCCC(CCNC(=O)C(C)n1cncn1)CCC(=O)O. The molecule has 0 fully saturated rings. The summed E-state index contributed by atoms with van der Waals surface area (Å²) in [5, 5.41) is 15.5. The zero-order valence-corrected chi connectivity index (χ0v) is 12.7. The van der Waals surface area contributed by atoms with Gasteiger partial charge in [-0.05, 0) is 25.7 Å². The molecule has 1 rings (SSSR count). The molecule has 2 unspecified atom stereocenters. The predicted octanol–water partition coefficient (Wildman–Crippen LogP) is 1.63. The second-order valence-corrected chi connectivity index (χ2v) is 5.22. The van der Waals surface area contributed by atoms with Crippen LogP contribution in [0.5, 0.6) is 0 Å². The van der Waals surface area contributed by atoms with Crippen LogP contribution in [0.4, 0.5) is 0 Å². The van der Waals surface area contributed by atoms with Gasteiger partial charge in [0.05, 0.1) is 0 Å². The second kappa shape index (κ2) is 9.10. The molecule has 7 heteroatoms. The number of amides is 1. The molecule has 21 heavy (non-hydrogen) atoms. The average Bonchev–Trinajstić information content (AvgIpc) is 2.97. The summed E-state index contributed by atoms with van der Waals surface area (Å²) in [6.45, 7) is 4.40. The molecular formula is C14H24N4O3. The van der Waals surface area contributed by atoms with E-state index < -0.39 is 12.0 Å². The molecule has 0 aliphatic carbocycles. The minimum atomic E-state index is -0.764. The molecule has 0 bridgehead atoms. The molecule has 1 aromatic heterocycles. The number of carbonyl (C=O) groups excluding carboxylic acids is 1. The Labute approximate surface area is 124 Å². The van der Waals surface area contributed by atoms with E-state index in [1.54, 1.807) is 6.92 Å². The summed E-state index contributed by atoms with van der Waals surface area (Å²) in [5.41, 5.74) is 0. The minimum Gasteiger partial charge on any atom is -0.481 e. The van der Waals surface area contributed by atoms with Gasteiger partial charge in [0.25, 0.3) is 0 Å². The summed E-state index contributed by atoms with van der Waals surface area (Å²) in [6, 6.07) is -0.392. The largest absolute Gasteiger partial charge is 0.481 e. The van der Waals surface area contributed by atoms with E-state index in [2.05, 4.69) is 22.3 Å². The van der Waals surface area contributed by atoms with Crippen LogP contribution in [-0.4, -0.2) is 38.3 Å². The second-order valence-electron chi connectivity index (χ2n) is 5.22. The van der Waals surface area contributed by atoms with E-state index in [-0.39, 0.29) is 12.3 Å². The molecule has 0 spiro atoms. The van der Waals surface area contributed by atoms with Crippen LogP contribution in [0.25, 0.3) is 0 Å². The molecule has 0 aliphatic heterocycles. The van der Waals surface area contributed by atoms with Crippen molar-refractivity contribution in [2.75, 3.05) is 6.54 Å². The fourth-order valence-electron chi connectivity index (χ4n) is 2.25. The van der Waals surface area contributed by atoms with Crippen molar-refractivity contribution >= 4 is 11.9 Å². The monoisotopic (exact) mass is 296 g/mol. The molecule has 1 amide bonds. The van der Waals surface area contributed by atoms with Crippen molar-refractivity contribution in [1.82, 2.24) is 20.1 Å². The van der Waals surface area contributed by atoms with Gasteiger partial charge in [0.15, 0.2) is 0 Å². The summed E-state index contributed by atoms with van der Waals surface area (Å²) < 4.78 is 1.50. The third-order valence-corrected chi connectivity index (χ3v) is 3.53. The van der Waals surface area contributed by atoms with E-state index in [1.807, 2.05) is 0 Å². The maximum absolute atomic E-state index is 12.0. The van der Waals surface area contributed by atoms with Crippen molar-refractivity contribution in [3.05, 3.63) is 12.7 Å². The number of rotatable bonds is 10. The molecule has 0 saturated heterocycles. The summed E-state index contributed by atoms with van der Waals surface area (Å²) in [5.74, 6) is -0.526. The Morgan fingerprint density at radius 1 is 1.33 bits per heavy atom. The smallest absolute Gasteiger partial charge is 0.303 e. The van der Waals surface area contributed by atoms with Gasteiger partial charge < -0.3 is 10.4 Å². The zero-order valence-electron chi connectivity index (χ0n) is 12.7. The lowest BCUT2D eigenvalue weighted by Crippen LogP contribution is -2.32. The van der Waals surface area contributed by atoms with Gasteiger partial charge in [-0.15, -0.1) is 0 Å². The van der Waals surface area contributed by atoms with Gasteiger partial charge in [-0.3, -0.25) is 9.59 Å². The van der Waals surface area contributed by atoms with Crippen LogP contribution in [0, 0.1) is 5.92 Å². The lowest BCUT2D eigenvalue weighted by molar-refractivity contribution is -0.137. The van der Waals surface area contributed by atoms with Crippen molar-refractivity contribution in [3.8, 4) is 0 Å². The summed E-state index contributed by atoms with van der Waals surface area (Å²) >= 11 is 0. The number of carbonyl (C=O) groups is 2. The number of carboxylic acid groups (broad SMARTS) is 1. The Hall–Kier alpha value is -1.92. The third kappa shape index (κ3) is 6.37. The highest BCUT2D eigenvalue weighted by Crippen LogP contribution is 2.17. The Bertz CT molecular complexity index is 433. The van der Waals surface area contributed by atoms with Crippen molar-refractivity contribution in [2.45, 2.75) is 52.0 Å². The number of nitrogens with one attached hydrogen (secondary N) is 1. The van der Waals surface area contributed by atoms with E-state index in [0.717, 1.165) is 19.3 Å². The maximum atomic E-state index is 12.0. The summed E-state index contributed by atoms with van der Waals surface area (Å²) in [7, 11) is 0. The highest BCUT2D eigenvalue weighted by molar-refractivity contribution is 5.79. The lowest BCUT2D eigenvalue weighted by atomic mass is 9.94. The Kier molecular flexibility index (Phi) is 7.42. The van der Waals surface area contributed by atoms with Gasteiger partial charge in [-0.2, -0.15) is 5.10 Å². The maximum Gasteiger partial charge on any atom is 0.303 e. The molecule has 2 N–H and O–H groups in total. The Morgan fingerprint density at radius 2 is 2.10 bits per heavy atom. The number of hydrogen-bond acceptors (Lipinski definition) is 4. The van der Waals surface area contributed by atoms with E-state index in [1.165, 1.54) is 17.3 Å². The van der Waals surface area contributed by atoms with E-state index >= 15 is 0 Å². The number of carboxylic acids is 1. The molecule has 0 saturated carbocycles. The highest BCUT2D eigenvalue weighted by atomic mass is 16.4. The highest BCUT2D eigenvalue weighted by Gasteiger charge is 2.16. The van der Waals surface area contributed by atoms with Crippen molar-refractivity contribution in [2.24, 2.45) is 5.92 Å². The van der Waals surface area contributed by atoms with Gasteiger partial charge in [-0.25, -0.2) is 9.67 Å². The number of aliphatic carboxylic acids is 1. The molecule has 1 aromatic rings. The fraction of sp³-hybridized carbons (Fsp3) is 0.714. The first-order valence-electron chi connectivity index (χ1n) is 7.38. The first-order valence-corrected chi connectivity index (χ1v) is 7.38. The van der Waals surface area contributed by atoms with Crippen molar-refractivity contribution in [1.29, 1.82) is 0 Å². The van der Waals surface area contributed by atoms with E-state index in [4.69, 9.17) is 5.11 Å². The van der Waals surface area contributed by atoms with Crippen LogP contribution in [0.3, 0.4) is 0 Å². The first kappa shape index (κ1) is 17.1. The minimum absolute atomic E-state index is 0.103. The van der Waals surface area contributed by atoms with E-state index in [0.29, 0.717) is 18.9 Å². The van der Waals surface area contributed by atoms with Gasteiger partial charge in [-0.1, -0.05) is 19.8 Å². The van der Waals surface area contributed by atoms with Crippen LogP contribution in [0.1, 0.15) is 52.0 Å². The van der Waals surface area contributed by atoms with Gasteiger partial charge >= 0.3 is 5.97 Å². The van der Waals surface area contributed by atoms with Crippen molar-refractivity contribution in [3.63, 3.8) is 0 Å². The molecular weight excluding hydrogens is 272 g/mol. The van der Waals surface area contributed by atoms with Crippen LogP contribution in [-0.2, 0) is 9.59 Å². The summed E-state index contributed by atoms with van der Waals surface area (Å²) in [4.78, 5) is 26.4. The molecule has 0 radical (unpaired) electrons. The first-order chi connectivity index (χ1) is 10.0. The lowest BCUT2D eigenvalue weighted by Gasteiger charge is -2.17. The van der Waals surface area contributed by atoms with Crippen LogP contribution in [0.15, 0.2) is 12.7 Å². The number of nitrogens with zero attached hydrogens (tertiary/aromatic N) is 3. The van der Waals surface area contributed by atoms with Gasteiger partial charge in [0.2, 0.25) is 5.91 Å². The van der Waals surface area contributed by atoms with Crippen LogP contribution >= 0.6 is 0 Å². The van der Waals surface area contributed by atoms with Crippen molar-refractivity contribution < 1.29 is 14.7 Å². The number of hydrogen-bond donors (Lipinski definition) is 2. The standard InChI is InChI=1S/C14H24N4O3/c1-3-4-12(5-6-13(19)20)7-8-16-14(21)11(2)18-10-15-9-17-18/h9-12H,3-8H2,1-2H3,(H,16,21)(H,19,20). The Morgan fingerprint density at radius 3 is 2.67 bits per heavy atom. The van der Waals surface area contributed by atoms with Gasteiger partial charge in [0.1, 0.15) is 18.7 Å². The Balaban J connectivity index is 2.32. The van der Waals surface area contributed by atoms with Crippen LogP contribution in [0.2, 0.25) is 0 Å².